The van der Waals surface area contributed by atoms with Gasteiger partial charge >= 0.3 is 5.97 Å². The number of anilines is 1. The van der Waals surface area contributed by atoms with Crippen molar-refractivity contribution in [1.82, 2.24) is 4.90 Å². The molecular formula is C29H38N2O6. The zero-order chi connectivity index (χ0) is 26.0. The lowest BCUT2D eigenvalue weighted by molar-refractivity contribution is -0.253. The molecule has 2 saturated heterocycles. The largest absolute Gasteiger partial charge is 0.481 e. The second-order valence-electron chi connectivity index (χ2n) is 9.99. The number of nitrogens with one attached hydrogen (secondary N) is 1. The van der Waals surface area contributed by atoms with Gasteiger partial charge in [-0.25, -0.2) is 0 Å². The van der Waals surface area contributed by atoms with Gasteiger partial charge in [0.2, 0.25) is 5.91 Å². The third-order valence-corrected chi connectivity index (χ3v) is 7.03. The van der Waals surface area contributed by atoms with Gasteiger partial charge in [-0.2, -0.15) is 0 Å². The standard InChI is InChI=1S/C29H38N2O6/c32-20-21-9-11-22(12-10-21)26-18-25(19-31-15-4-2-1-3-5-16-31)36-29(37-26)23-7-6-8-24(17-23)30-27(33)13-14-28(34)35/h6-12,17,25-26,29,32H,1-5,13-16,18-20H2,(H,30,33)(H,34,35). The molecule has 0 bridgehead atoms. The van der Waals surface area contributed by atoms with E-state index in [0.717, 1.165) is 42.7 Å². The van der Waals surface area contributed by atoms with Crippen LogP contribution >= 0.6 is 0 Å². The SMILES string of the molecule is O=C(O)CCC(=O)Nc1cccc(C2OC(CN3CCCCCCC3)CC(c3ccc(CO)cc3)O2)c1. The Labute approximate surface area is 218 Å². The summed E-state index contributed by atoms with van der Waals surface area (Å²) >= 11 is 0. The topological polar surface area (TPSA) is 108 Å². The summed E-state index contributed by atoms with van der Waals surface area (Å²) in [6.07, 6.45) is 5.94. The highest BCUT2D eigenvalue weighted by Gasteiger charge is 2.33. The molecule has 0 aliphatic carbocycles. The van der Waals surface area contributed by atoms with Crippen molar-refractivity contribution >= 4 is 17.6 Å². The van der Waals surface area contributed by atoms with E-state index in [0.29, 0.717) is 5.69 Å². The highest BCUT2D eigenvalue weighted by atomic mass is 16.7. The van der Waals surface area contributed by atoms with Crippen LogP contribution in [0.5, 0.6) is 0 Å². The second kappa shape index (κ2) is 13.7. The minimum Gasteiger partial charge on any atom is -0.481 e. The van der Waals surface area contributed by atoms with Crippen LogP contribution in [0.3, 0.4) is 0 Å². The molecular weight excluding hydrogens is 472 g/mol. The Morgan fingerprint density at radius 1 is 0.919 bits per heavy atom. The minimum atomic E-state index is -1.00. The molecule has 2 fully saturated rings. The van der Waals surface area contributed by atoms with E-state index >= 15 is 0 Å². The summed E-state index contributed by atoms with van der Waals surface area (Å²) in [7, 11) is 0. The van der Waals surface area contributed by atoms with Crippen LogP contribution in [0.25, 0.3) is 0 Å². The maximum Gasteiger partial charge on any atom is 0.303 e. The van der Waals surface area contributed by atoms with Gasteiger partial charge in [0.1, 0.15) is 0 Å². The smallest absolute Gasteiger partial charge is 0.303 e. The molecule has 3 N–H and O–H groups in total. The number of carboxylic acids is 1. The monoisotopic (exact) mass is 510 g/mol. The number of nitrogens with zero attached hydrogens (tertiary/aromatic N) is 1. The van der Waals surface area contributed by atoms with Crippen molar-refractivity contribution in [2.75, 3.05) is 25.0 Å². The maximum atomic E-state index is 12.2. The number of hydrogen-bond donors (Lipinski definition) is 3. The first kappa shape index (κ1) is 27.3. The number of carbonyl (C=O) groups is 2. The number of amides is 1. The Balaban J connectivity index is 1.50. The Kier molecular flexibility index (Phi) is 10.1. The number of aliphatic hydroxyl groups is 1. The fourth-order valence-electron chi connectivity index (χ4n) is 5.02. The van der Waals surface area contributed by atoms with Crippen LogP contribution in [0.1, 0.15) is 80.5 Å². The molecule has 0 spiro atoms. The molecule has 0 saturated carbocycles. The summed E-state index contributed by atoms with van der Waals surface area (Å²) in [4.78, 5) is 25.5. The third-order valence-electron chi connectivity index (χ3n) is 7.03. The van der Waals surface area contributed by atoms with Crippen LogP contribution in [0, 0.1) is 0 Å². The van der Waals surface area contributed by atoms with Gasteiger partial charge in [0.15, 0.2) is 6.29 Å². The van der Waals surface area contributed by atoms with Crippen molar-refractivity contribution in [3.63, 3.8) is 0 Å². The van der Waals surface area contributed by atoms with E-state index in [-0.39, 0.29) is 37.6 Å². The van der Waals surface area contributed by atoms with E-state index in [1.54, 1.807) is 6.07 Å². The van der Waals surface area contributed by atoms with Gasteiger partial charge in [-0.15, -0.1) is 0 Å². The van der Waals surface area contributed by atoms with Gasteiger partial charge < -0.3 is 29.9 Å². The number of aliphatic carboxylic acids is 1. The highest BCUT2D eigenvalue weighted by molar-refractivity contribution is 5.92. The predicted octanol–water partition coefficient (Wildman–Crippen LogP) is 4.79. The number of benzene rings is 2. The highest BCUT2D eigenvalue weighted by Crippen LogP contribution is 2.38. The van der Waals surface area contributed by atoms with Crippen LogP contribution in [0.4, 0.5) is 5.69 Å². The third kappa shape index (κ3) is 8.36. The number of ether oxygens (including phenoxy) is 2. The Morgan fingerprint density at radius 2 is 1.65 bits per heavy atom. The first-order chi connectivity index (χ1) is 18.0. The van der Waals surface area contributed by atoms with Gasteiger partial charge in [0.05, 0.1) is 25.2 Å². The van der Waals surface area contributed by atoms with Crippen molar-refractivity contribution in [1.29, 1.82) is 0 Å². The summed E-state index contributed by atoms with van der Waals surface area (Å²) < 4.78 is 12.9. The van der Waals surface area contributed by atoms with Crippen molar-refractivity contribution in [3.8, 4) is 0 Å². The first-order valence-corrected chi connectivity index (χ1v) is 13.3. The van der Waals surface area contributed by atoms with Gasteiger partial charge in [0, 0.05) is 30.6 Å². The molecule has 200 valence electrons. The molecule has 0 radical (unpaired) electrons. The molecule has 2 aliphatic rings. The van der Waals surface area contributed by atoms with Gasteiger partial charge in [-0.1, -0.05) is 55.7 Å². The van der Waals surface area contributed by atoms with Crippen LogP contribution in [0.2, 0.25) is 0 Å². The lowest BCUT2D eigenvalue weighted by Crippen LogP contribution is -2.40. The average molecular weight is 511 g/mol. The lowest BCUT2D eigenvalue weighted by atomic mass is 9.99. The summed E-state index contributed by atoms with van der Waals surface area (Å²) in [6.45, 7) is 3.01. The summed E-state index contributed by atoms with van der Waals surface area (Å²) in [6, 6.07) is 15.2. The predicted molar refractivity (Wildman–Crippen MR) is 140 cm³/mol. The van der Waals surface area contributed by atoms with Gasteiger partial charge in [-0.05, 0) is 49.2 Å². The van der Waals surface area contributed by atoms with Crippen LogP contribution in [-0.2, 0) is 25.7 Å². The Morgan fingerprint density at radius 3 is 2.35 bits per heavy atom. The minimum absolute atomic E-state index is 0.000101. The number of carboxylic acid groups (broad SMARTS) is 1. The fraction of sp³-hybridized carbons (Fsp3) is 0.517. The second-order valence-corrected chi connectivity index (χ2v) is 9.99. The molecule has 2 aromatic carbocycles. The summed E-state index contributed by atoms with van der Waals surface area (Å²) in [5.74, 6) is -1.35. The maximum absolute atomic E-state index is 12.2. The number of likely N-dealkylation sites (tertiary alicyclic amines) is 1. The van der Waals surface area contributed by atoms with Crippen molar-refractivity contribution in [3.05, 3.63) is 65.2 Å². The van der Waals surface area contributed by atoms with E-state index in [9.17, 15) is 14.7 Å². The molecule has 2 heterocycles. The first-order valence-electron chi connectivity index (χ1n) is 13.3. The average Bonchev–Trinajstić information content (AvgIpc) is 2.89. The summed E-state index contributed by atoms with van der Waals surface area (Å²) in [5, 5.41) is 21.0. The molecule has 37 heavy (non-hydrogen) atoms. The molecule has 8 nitrogen and oxygen atoms in total. The van der Waals surface area contributed by atoms with E-state index in [4.69, 9.17) is 14.6 Å². The van der Waals surface area contributed by atoms with E-state index in [1.807, 2.05) is 42.5 Å². The van der Waals surface area contributed by atoms with Gasteiger partial charge in [0.25, 0.3) is 0 Å². The molecule has 3 unspecified atom stereocenters. The zero-order valence-electron chi connectivity index (χ0n) is 21.3. The van der Waals surface area contributed by atoms with Gasteiger partial charge in [-0.3, -0.25) is 9.59 Å². The lowest BCUT2D eigenvalue weighted by Gasteiger charge is -2.39. The quantitative estimate of drug-likeness (QED) is 0.445. The Bertz CT molecular complexity index is 1020. The van der Waals surface area contributed by atoms with Crippen LogP contribution in [0.15, 0.2) is 48.5 Å². The molecule has 2 aromatic rings. The van der Waals surface area contributed by atoms with Crippen molar-refractivity contribution in [2.24, 2.45) is 0 Å². The van der Waals surface area contributed by atoms with E-state index in [2.05, 4.69) is 10.2 Å². The van der Waals surface area contributed by atoms with Crippen LogP contribution in [-0.4, -0.2) is 52.7 Å². The fourth-order valence-corrected chi connectivity index (χ4v) is 5.02. The van der Waals surface area contributed by atoms with Crippen LogP contribution < -0.4 is 5.32 Å². The summed E-state index contributed by atoms with van der Waals surface area (Å²) in [5.41, 5.74) is 3.28. The normalized spacial score (nSPS) is 23.1. The molecule has 4 rings (SSSR count). The molecule has 0 aromatic heterocycles. The van der Waals surface area contributed by atoms with E-state index in [1.165, 1.54) is 32.1 Å². The molecule has 2 aliphatic heterocycles. The van der Waals surface area contributed by atoms with E-state index < -0.39 is 12.3 Å². The van der Waals surface area contributed by atoms with Crippen molar-refractivity contribution < 1.29 is 29.3 Å². The molecule has 1 amide bonds. The molecule has 3 atom stereocenters. The number of rotatable bonds is 9. The number of hydrogen-bond acceptors (Lipinski definition) is 6. The molecule has 8 heteroatoms. The van der Waals surface area contributed by atoms with Crippen molar-refractivity contribution in [2.45, 2.75) is 76.5 Å². The zero-order valence-corrected chi connectivity index (χ0v) is 21.3. The Hall–Kier alpha value is -2.78. The number of aliphatic hydroxyl groups excluding tert-OH is 1. The number of carbonyl (C=O) groups excluding carboxylic acids is 1.